The van der Waals surface area contributed by atoms with Crippen LogP contribution in [0.5, 0.6) is 5.75 Å². The zero-order valence-electron chi connectivity index (χ0n) is 9.21. The minimum atomic E-state index is -0.912. The van der Waals surface area contributed by atoms with Crippen LogP contribution in [0.1, 0.15) is 36.2 Å². The summed E-state index contributed by atoms with van der Waals surface area (Å²) < 4.78 is 6.30. The largest absolute Gasteiger partial charge is 0.492 e. The number of carbonyl (C=O) groups is 1. The molecule has 0 aliphatic carbocycles. The first-order valence-corrected chi connectivity index (χ1v) is 5.91. The van der Waals surface area contributed by atoms with Crippen molar-refractivity contribution in [3.8, 4) is 5.75 Å². The van der Waals surface area contributed by atoms with E-state index in [0.717, 1.165) is 22.2 Å². The second-order valence-corrected chi connectivity index (χ2v) is 5.48. The van der Waals surface area contributed by atoms with Crippen LogP contribution >= 0.6 is 15.9 Å². The summed E-state index contributed by atoms with van der Waals surface area (Å²) in [6.45, 7) is 4.88. The lowest BCUT2D eigenvalue weighted by atomic mass is 9.79. The number of aromatic carboxylic acids is 1. The maximum atomic E-state index is 11.0. The van der Waals surface area contributed by atoms with Gasteiger partial charge in [0, 0.05) is 5.56 Å². The summed E-state index contributed by atoms with van der Waals surface area (Å²) in [5, 5.41) is 9.02. The number of carboxylic acid groups (broad SMARTS) is 1. The average molecular weight is 285 g/mol. The van der Waals surface area contributed by atoms with E-state index < -0.39 is 5.97 Å². The van der Waals surface area contributed by atoms with Crippen molar-refractivity contribution in [2.24, 2.45) is 0 Å². The average Bonchev–Trinajstić information content (AvgIpc) is 2.18. The highest BCUT2D eigenvalue weighted by Gasteiger charge is 2.31. The maximum absolute atomic E-state index is 11.0. The Hall–Kier alpha value is -1.03. The molecule has 1 heterocycles. The molecule has 1 aromatic rings. The normalized spacial score (nSPS) is 17.4. The van der Waals surface area contributed by atoms with Crippen LogP contribution in [0.25, 0.3) is 0 Å². The number of halogens is 1. The highest BCUT2D eigenvalue weighted by molar-refractivity contribution is 9.10. The third-order valence-electron chi connectivity index (χ3n) is 2.99. The predicted octanol–water partition coefficient (Wildman–Crippen LogP) is 3.21. The van der Waals surface area contributed by atoms with Crippen LogP contribution in [0.2, 0.25) is 0 Å². The van der Waals surface area contributed by atoms with Crippen molar-refractivity contribution in [1.29, 1.82) is 0 Å². The molecule has 0 atom stereocenters. The van der Waals surface area contributed by atoms with E-state index >= 15 is 0 Å². The Kier molecular flexibility index (Phi) is 2.70. The standard InChI is InChI=1S/C12H13BrO3/c1-12(2)3-4-16-10-8(12)5-7(11(14)15)6-9(10)13/h5-6H,3-4H2,1-2H3,(H,14,15). The lowest BCUT2D eigenvalue weighted by Gasteiger charge is -2.33. The van der Waals surface area contributed by atoms with Gasteiger partial charge in [0.25, 0.3) is 0 Å². The van der Waals surface area contributed by atoms with E-state index in [-0.39, 0.29) is 5.41 Å². The third kappa shape index (κ3) is 1.82. The van der Waals surface area contributed by atoms with Crippen molar-refractivity contribution >= 4 is 21.9 Å². The maximum Gasteiger partial charge on any atom is 0.335 e. The number of carboxylic acids is 1. The molecule has 86 valence electrons. The Bertz CT molecular complexity index is 452. The summed E-state index contributed by atoms with van der Waals surface area (Å²) in [5.41, 5.74) is 1.22. The molecular weight excluding hydrogens is 272 g/mol. The summed E-state index contributed by atoms with van der Waals surface area (Å²) in [4.78, 5) is 11.0. The van der Waals surface area contributed by atoms with Crippen LogP contribution in [-0.2, 0) is 5.41 Å². The lowest BCUT2D eigenvalue weighted by Crippen LogP contribution is -2.27. The smallest absolute Gasteiger partial charge is 0.335 e. The van der Waals surface area contributed by atoms with Gasteiger partial charge in [0.05, 0.1) is 16.6 Å². The van der Waals surface area contributed by atoms with Crippen LogP contribution in [0.3, 0.4) is 0 Å². The van der Waals surface area contributed by atoms with Gasteiger partial charge in [-0.25, -0.2) is 4.79 Å². The fourth-order valence-electron chi connectivity index (χ4n) is 1.91. The van der Waals surface area contributed by atoms with Gasteiger partial charge in [-0.1, -0.05) is 13.8 Å². The van der Waals surface area contributed by atoms with Gasteiger partial charge in [0.1, 0.15) is 5.75 Å². The second-order valence-electron chi connectivity index (χ2n) is 4.62. The summed E-state index contributed by atoms with van der Waals surface area (Å²) in [6, 6.07) is 3.30. The summed E-state index contributed by atoms with van der Waals surface area (Å²) in [6.07, 6.45) is 0.898. The van der Waals surface area contributed by atoms with E-state index in [1.54, 1.807) is 12.1 Å². The van der Waals surface area contributed by atoms with Crippen LogP contribution in [0, 0.1) is 0 Å². The van der Waals surface area contributed by atoms with Crippen LogP contribution in [0.4, 0.5) is 0 Å². The number of ether oxygens (including phenoxy) is 1. The first kappa shape index (κ1) is 11.5. The van der Waals surface area contributed by atoms with Crippen LogP contribution in [0.15, 0.2) is 16.6 Å². The highest BCUT2D eigenvalue weighted by Crippen LogP contribution is 2.43. The summed E-state index contributed by atoms with van der Waals surface area (Å²) >= 11 is 3.36. The van der Waals surface area contributed by atoms with Gasteiger partial charge < -0.3 is 9.84 Å². The minimum Gasteiger partial charge on any atom is -0.492 e. The Morgan fingerprint density at radius 3 is 2.81 bits per heavy atom. The quantitative estimate of drug-likeness (QED) is 0.861. The van der Waals surface area contributed by atoms with Gasteiger partial charge in [-0.2, -0.15) is 0 Å². The molecule has 0 bridgehead atoms. The first-order chi connectivity index (χ1) is 7.42. The van der Waals surface area contributed by atoms with Crippen molar-refractivity contribution in [2.45, 2.75) is 25.7 Å². The van der Waals surface area contributed by atoms with Crippen molar-refractivity contribution in [2.75, 3.05) is 6.61 Å². The molecule has 1 aromatic carbocycles. The number of benzene rings is 1. The number of hydrogen-bond donors (Lipinski definition) is 1. The molecule has 0 saturated carbocycles. The van der Waals surface area contributed by atoms with Gasteiger partial charge in [-0.3, -0.25) is 0 Å². The molecule has 0 amide bonds. The zero-order chi connectivity index (χ0) is 11.9. The SMILES string of the molecule is CC1(C)CCOc2c(Br)cc(C(=O)O)cc21. The van der Waals surface area contributed by atoms with Crippen molar-refractivity contribution in [3.63, 3.8) is 0 Å². The van der Waals surface area contributed by atoms with Crippen molar-refractivity contribution in [3.05, 3.63) is 27.7 Å². The molecule has 0 aromatic heterocycles. The van der Waals surface area contributed by atoms with Gasteiger partial charge in [0.2, 0.25) is 0 Å². The molecule has 16 heavy (non-hydrogen) atoms. The predicted molar refractivity (Wildman–Crippen MR) is 64.2 cm³/mol. The topological polar surface area (TPSA) is 46.5 Å². The van der Waals surface area contributed by atoms with E-state index in [2.05, 4.69) is 29.8 Å². The molecule has 1 N–H and O–H groups in total. The molecule has 0 spiro atoms. The highest BCUT2D eigenvalue weighted by atomic mass is 79.9. The van der Waals surface area contributed by atoms with Crippen LogP contribution in [-0.4, -0.2) is 17.7 Å². The number of fused-ring (bicyclic) bond motifs is 1. The monoisotopic (exact) mass is 284 g/mol. The lowest BCUT2D eigenvalue weighted by molar-refractivity contribution is 0.0696. The van der Waals surface area contributed by atoms with Gasteiger partial charge in [0.15, 0.2) is 0 Å². The third-order valence-corrected chi connectivity index (χ3v) is 3.58. The minimum absolute atomic E-state index is 0.0401. The Balaban J connectivity index is 2.64. The summed E-state index contributed by atoms with van der Waals surface area (Å²) in [5.74, 6) is -0.133. The first-order valence-electron chi connectivity index (χ1n) is 5.12. The zero-order valence-corrected chi connectivity index (χ0v) is 10.8. The Morgan fingerprint density at radius 2 is 2.19 bits per heavy atom. The summed E-state index contributed by atoms with van der Waals surface area (Å²) in [7, 11) is 0. The van der Waals surface area contributed by atoms with E-state index in [4.69, 9.17) is 9.84 Å². The molecule has 0 fully saturated rings. The molecule has 0 saturated heterocycles. The molecule has 2 rings (SSSR count). The Morgan fingerprint density at radius 1 is 1.50 bits per heavy atom. The fourth-order valence-corrected chi connectivity index (χ4v) is 2.48. The van der Waals surface area contributed by atoms with Gasteiger partial charge in [-0.15, -0.1) is 0 Å². The molecule has 3 nitrogen and oxygen atoms in total. The number of rotatable bonds is 1. The molecule has 0 unspecified atom stereocenters. The Labute approximate surface area is 103 Å². The van der Waals surface area contributed by atoms with Crippen molar-refractivity contribution in [1.82, 2.24) is 0 Å². The van der Waals surface area contributed by atoms with Gasteiger partial charge >= 0.3 is 5.97 Å². The van der Waals surface area contributed by atoms with E-state index in [1.807, 2.05) is 0 Å². The van der Waals surface area contributed by atoms with Crippen LogP contribution < -0.4 is 4.74 Å². The fraction of sp³-hybridized carbons (Fsp3) is 0.417. The van der Waals surface area contributed by atoms with E-state index in [1.165, 1.54) is 0 Å². The number of hydrogen-bond acceptors (Lipinski definition) is 2. The molecular formula is C12H13BrO3. The van der Waals surface area contributed by atoms with Gasteiger partial charge in [-0.05, 0) is 39.9 Å². The van der Waals surface area contributed by atoms with E-state index in [9.17, 15) is 4.79 Å². The molecule has 0 radical (unpaired) electrons. The van der Waals surface area contributed by atoms with E-state index in [0.29, 0.717) is 12.2 Å². The molecule has 1 aliphatic heterocycles. The van der Waals surface area contributed by atoms with Crippen molar-refractivity contribution < 1.29 is 14.6 Å². The molecule has 1 aliphatic rings. The second kappa shape index (κ2) is 3.77. The molecule has 4 heteroatoms.